The van der Waals surface area contributed by atoms with Gasteiger partial charge in [0.25, 0.3) is 0 Å². The van der Waals surface area contributed by atoms with E-state index in [-0.39, 0.29) is 0 Å². The van der Waals surface area contributed by atoms with Crippen molar-refractivity contribution in [3.63, 3.8) is 0 Å². The van der Waals surface area contributed by atoms with Gasteiger partial charge in [0.2, 0.25) is 0 Å². The lowest BCUT2D eigenvalue weighted by molar-refractivity contribution is 0.517. The van der Waals surface area contributed by atoms with Crippen molar-refractivity contribution in [2.75, 3.05) is 0 Å². The molecule has 0 heterocycles. The average Bonchev–Trinajstić information content (AvgIpc) is 3.22. The van der Waals surface area contributed by atoms with E-state index in [0.29, 0.717) is 0 Å². The van der Waals surface area contributed by atoms with Crippen molar-refractivity contribution in [1.82, 2.24) is 0 Å². The molecule has 0 unspecified atom stereocenters. The van der Waals surface area contributed by atoms with Gasteiger partial charge in [-0.3, -0.25) is 0 Å². The first kappa shape index (κ1) is 56.5. The van der Waals surface area contributed by atoms with E-state index in [9.17, 15) is 0 Å². The minimum Gasteiger partial charge on any atom is -0.0885 e. The first-order valence-corrected chi connectivity index (χ1v) is 27.7. The van der Waals surface area contributed by atoms with E-state index < -0.39 is 0 Å². The highest BCUT2D eigenvalue weighted by molar-refractivity contribution is 4.82. The average molecular weight is 798 g/mol. The van der Waals surface area contributed by atoms with Crippen LogP contribution in [0.3, 0.4) is 0 Å². The Morgan fingerprint density at radius 2 is 0.246 bits per heavy atom. The molecule has 0 aliphatic rings. The number of rotatable bonds is 52. The fourth-order valence-electron chi connectivity index (χ4n) is 8.91. The largest absolute Gasteiger partial charge is 0.0885 e. The van der Waals surface area contributed by atoms with E-state index in [2.05, 4.69) is 38.2 Å². The van der Waals surface area contributed by atoms with Crippen LogP contribution in [0.2, 0.25) is 0 Å². The van der Waals surface area contributed by atoms with Crippen molar-refractivity contribution in [2.24, 2.45) is 0 Å². The standard InChI is InChI=1S/C57H112/c1-3-5-7-9-11-13-15-17-19-21-23-25-27-29-31-33-35-37-39-41-43-45-47-49-51-53-55-57-56-54-52-50-48-46-44-42-40-38-36-34-32-30-28-26-24-22-20-18-16-14-12-10-8-6-4-2/h29,31,54,56H,3-28,30,32-53,55,57H2,1-2H3/b31-29-,56-54-. The summed E-state index contributed by atoms with van der Waals surface area (Å²) in [5, 5.41) is 0. The van der Waals surface area contributed by atoms with Gasteiger partial charge in [0.15, 0.2) is 0 Å². The van der Waals surface area contributed by atoms with Gasteiger partial charge < -0.3 is 0 Å². The maximum Gasteiger partial charge on any atom is -0.0351 e. The van der Waals surface area contributed by atoms with Crippen molar-refractivity contribution in [1.29, 1.82) is 0 Å². The highest BCUT2D eigenvalue weighted by Gasteiger charge is 1.98. The van der Waals surface area contributed by atoms with Crippen molar-refractivity contribution in [3.8, 4) is 0 Å². The SMILES string of the molecule is CCCCCCCCCCCCCC/C=C\CCCCCCCCCCCCC/C=C\CCCCCCCCCCCCCCCCCCCCCCCCCC. The van der Waals surface area contributed by atoms with E-state index in [1.165, 1.54) is 327 Å². The highest BCUT2D eigenvalue weighted by Crippen LogP contribution is 2.18. The maximum atomic E-state index is 2.48. The third-order valence-corrected chi connectivity index (χ3v) is 13.0. The fourth-order valence-corrected chi connectivity index (χ4v) is 8.91. The summed E-state index contributed by atoms with van der Waals surface area (Å²) in [6, 6.07) is 0. The summed E-state index contributed by atoms with van der Waals surface area (Å²) in [6.07, 6.45) is 83.9. The Bertz CT molecular complexity index is 716. The topological polar surface area (TPSA) is 0 Å². The van der Waals surface area contributed by atoms with Gasteiger partial charge in [0.1, 0.15) is 0 Å². The van der Waals surface area contributed by atoms with Crippen LogP contribution in [0.15, 0.2) is 24.3 Å². The van der Waals surface area contributed by atoms with Crippen molar-refractivity contribution in [2.45, 2.75) is 341 Å². The molecule has 0 nitrogen and oxygen atoms in total. The Balaban J connectivity index is 3.13. The molecule has 0 heteroatoms. The summed E-state index contributed by atoms with van der Waals surface area (Å²) in [5.74, 6) is 0. The molecule has 0 aromatic heterocycles. The zero-order chi connectivity index (χ0) is 40.9. The molecule has 0 rings (SSSR count). The summed E-state index contributed by atoms with van der Waals surface area (Å²) in [4.78, 5) is 0. The van der Waals surface area contributed by atoms with E-state index >= 15 is 0 Å². The van der Waals surface area contributed by atoms with E-state index in [4.69, 9.17) is 0 Å². The van der Waals surface area contributed by atoms with Crippen molar-refractivity contribution >= 4 is 0 Å². The molecule has 0 bridgehead atoms. The number of hydrogen-bond acceptors (Lipinski definition) is 0. The summed E-state index contributed by atoms with van der Waals surface area (Å²) in [7, 11) is 0. The van der Waals surface area contributed by atoms with Crippen LogP contribution in [0.1, 0.15) is 341 Å². The molecule has 0 aromatic carbocycles. The first-order valence-electron chi connectivity index (χ1n) is 27.7. The minimum absolute atomic E-state index is 1.31. The lowest BCUT2D eigenvalue weighted by atomic mass is 10.0. The zero-order valence-corrected chi connectivity index (χ0v) is 40.4. The zero-order valence-electron chi connectivity index (χ0n) is 40.4. The minimum atomic E-state index is 1.31. The summed E-state index contributed by atoms with van der Waals surface area (Å²) < 4.78 is 0. The normalized spacial score (nSPS) is 12.0. The van der Waals surface area contributed by atoms with Crippen LogP contribution >= 0.6 is 0 Å². The molecule has 340 valence electrons. The first-order chi connectivity index (χ1) is 28.4. The van der Waals surface area contributed by atoms with Crippen LogP contribution in [-0.4, -0.2) is 0 Å². The van der Waals surface area contributed by atoms with Crippen LogP contribution in [0.5, 0.6) is 0 Å². The predicted octanol–water partition coefficient (Wildman–Crippen LogP) is 22.0. The van der Waals surface area contributed by atoms with E-state index in [0.717, 1.165) is 0 Å². The van der Waals surface area contributed by atoms with Gasteiger partial charge in [-0.15, -0.1) is 0 Å². The predicted molar refractivity (Wildman–Crippen MR) is 265 cm³/mol. The summed E-state index contributed by atoms with van der Waals surface area (Å²) in [6.45, 7) is 4.62. The Kier molecular flexibility index (Phi) is 55.0. The van der Waals surface area contributed by atoms with Gasteiger partial charge >= 0.3 is 0 Å². The molecule has 0 aliphatic carbocycles. The maximum absolute atomic E-state index is 2.48. The molecular formula is C57H112. The Labute approximate surface area is 364 Å². The smallest absolute Gasteiger partial charge is 0.0351 e. The van der Waals surface area contributed by atoms with Crippen LogP contribution in [0.25, 0.3) is 0 Å². The lowest BCUT2D eigenvalue weighted by Crippen LogP contribution is -1.84. The monoisotopic (exact) mass is 797 g/mol. The van der Waals surface area contributed by atoms with Crippen molar-refractivity contribution in [3.05, 3.63) is 24.3 Å². The number of hydrogen-bond donors (Lipinski definition) is 0. The lowest BCUT2D eigenvalue weighted by Gasteiger charge is -2.04. The van der Waals surface area contributed by atoms with Crippen LogP contribution < -0.4 is 0 Å². The van der Waals surface area contributed by atoms with Gasteiger partial charge in [-0.05, 0) is 51.4 Å². The molecule has 0 saturated carbocycles. The van der Waals surface area contributed by atoms with Gasteiger partial charge in [-0.2, -0.15) is 0 Å². The van der Waals surface area contributed by atoms with Crippen LogP contribution in [0.4, 0.5) is 0 Å². The third kappa shape index (κ3) is 55.5. The molecule has 0 amide bonds. The Morgan fingerprint density at radius 1 is 0.140 bits per heavy atom. The second-order valence-corrected chi connectivity index (χ2v) is 19.0. The molecule has 0 radical (unpaired) electrons. The Morgan fingerprint density at radius 3 is 0.368 bits per heavy atom. The number of unbranched alkanes of at least 4 members (excludes halogenated alkanes) is 48. The third-order valence-electron chi connectivity index (χ3n) is 13.0. The molecule has 0 fully saturated rings. The second-order valence-electron chi connectivity index (χ2n) is 19.0. The van der Waals surface area contributed by atoms with Gasteiger partial charge in [0, 0.05) is 0 Å². The molecule has 0 N–H and O–H groups in total. The number of allylic oxidation sites excluding steroid dienone is 4. The molecule has 0 aliphatic heterocycles. The molecule has 57 heavy (non-hydrogen) atoms. The van der Waals surface area contributed by atoms with Crippen molar-refractivity contribution < 1.29 is 0 Å². The Hall–Kier alpha value is -0.520. The van der Waals surface area contributed by atoms with E-state index in [1.54, 1.807) is 0 Å². The van der Waals surface area contributed by atoms with Crippen LogP contribution in [-0.2, 0) is 0 Å². The van der Waals surface area contributed by atoms with Crippen LogP contribution in [0, 0.1) is 0 Å². The van der Waals surface area contributed by atoms with Gasteiger partial charge in [0.05, 0.1) is 0 Å². The van der Waals surface area contributed by atoms with Gasteiger partial charge in [-0.25, -0.2) is 0 Å². The second kappa shape index (κ2) is 55.5. The molecule has 0 saturated heterocycles. The van der Waals surface area contributed by atoms with E-state index in [1.807, 2.05) is 0 Å². The quantitative estimate of drug-likeness (QED) is 0.0425. The fraction of sp³-hybridized carbons (Fsp3) is 0.930. The van der Waals surface area contributed by atoms with Gasteiger partial charge in [-0.1, -0.05) is 314 Å². The summed E-state index contributed by atoms with van der Waals surface area (Å²) in [5.41, 5.74) is 0. The highest BCUT2D eigenvalue weighted by atomic mass is 14.0. The molecular weight excluding hydrogens is 685 g/mol. The molecule has 0 atom stereocenters. The molecule has 0 spiro atoms. The molecule has 0 aromatic rings. The summed E-state index contributed by atoms with van der Waals surface area (Å²) >= 11 is 0.